The van der Waals surface area contributed by atoms with E-state index in [2.05, 4.69) is 20.9 Å². The van der Waals surface area contributed by atoms with E-state index in [0.29, 0.717) is 59.8 Å². The second kappa shape index (κ2) is 18.7. The summed E-state index contributed by atoms with van der Waals surface area (Å²) in [7, 11) is 4.47. The molecule has 6 rings (SSSR count). The summed E-state index contributed by atoms with van der Waals surface area (Å²) in [6.45, 7) is 0. The third-order valence-electron chi connectivity index (χ3n) is 8.16. The first kappa shape index (κ1) is 39.9. The molecule has 3 N–H and O–H groups in total. The number of nitrogens with one attached hydrogen (secondary N) is 3. The van der Waals surface area contributed by atoms with Crippen LogP contribution in [-0.2, 0) is 9.59 Å². The van der Waals surface area contributed by atoms with Gasteiger partial charge in [-0.25, -0.2) is 4.98 Å². The first-order chi connectivity index (χ1) is 27.1. The van der Waals surface area contributed by atoms with Crippen molar-refractivity contribution in [2.75, 3.05) is 32.0 Å². The van der Waals surface area contributed by atoms with Gasteiger partial charge in [-0.3, -0.25) is 14.4 Å². The highest BCUT2D eigenvalue weighted by molar-refractivity contribution is 8.00. The minimum atomic E-state index is -0.680. The number of hydrogen-bond acceptors (Lipinski definition) is 9. The van der Waals surface area contributed by atoms with Crippen LogP contribution in [-0.4, -0.2) is 44.0 Å². The van der Waals surface area contributed by atoms with Crippen molar-refractivity contribution in [2.45, 2.75) is 10.1 Å². The van der Waals surface area contributed by atoms with Gasteiger partial charge in [0.15, 0.2) is 16.6 Å². The Kier molecular flexibility index (Phi) is 13.3. The van der Waals surface area contributed by atoms with Gasteiger partial charge in [-0.2, -0.15) is 0 Å². The Labute approximate surface area is 341 Å². The van der Waals surface area contributed by atoms with E-state index >= 15 is 0 Å². The molecule has 3 amide bonds. The van der Waals surface area contributed by atoms with E-state index in [9.17, 15) is 14.4 Å². The van der Waals surface area contributed by atoms with Gasteiger partial charge in [-0.15, -0.1) is 23.1 Å². The van der Waals surface area contributed by atoms with Crippen molar-refractivity contribution >= 4 is 80.9 Å². The molecule has 0 saturated carbocycles. The van der Waals surface area contributed by atoms with Crippen molar-refractivity contribution in [1.29, 1.82) is 0 Å². The Hall–Kier alpha value is -5.79. The molecule has 1 heterocycles. The standard InChI is InChI=1S/C42H34Cl2N4O6S2/c1-52-35-20-25(21-36(53-2)37(35)54-3)19-33(46-39(49)27-13-8-5-9-14-27)40(50)45-29-15-10-16-30(23-29)56-38(26-11-6-4-7-12-26)41(51)48-42-47-34(24-55-42)28-17-18-31(43)32(44)22-28/h4-24,38H,1-3H3,(H,45,50)(H,46,49)(H,47,48,51)/b33-19+. The van der Waals surface area contributed by atoms with E-state index in [4.69, 9.17) is 37.4 Å². The average molecular weight is 826 g/mol. The predicted molar refractivity (Wildman–Crippen MR) is 224 cm³/mol. The molecule has 6 aromatic rings. The zero-order chi connectivity index (χ0) is 39.6. The van der Waals surface area contributed by atoms with Crippen LogP contribution in [0, 0.1) is 0 Å². The van der Waals surface area contributed by atoms with Crippen LogP contribution in [0.25, 0.3) is 17.3 Å². The second-order valence-corrected chi connectivity index (χ2v) is 14.7. The predicted octanol–water partition coefficient (Wildman–Crippen LogP) is 10.0. The molecule has 0 radical (unpaired) electrons. The van der Waals surface area contributed by atoms with Crippen molar-refractivity contribution in [3.8, 4) is 28.5 Å². The molecule has 0 fully saturated rings. The van der Waals surface area contributed by atoms with E-state index in [0.717, 1.165) is 11.1 Å². The zero-order valence-corrected chi connectivity index (χ0v) is 33.3. The Bertz CT molecular complexity index is 2370. The Morgan fingerprint density at radius 1 is 0.768 bits per heavy atom. The summed E-state index contributed by atoms with van der Waals surface area (Å²) in [5.41, 5.74) is 3.44. The fourth-order valence-corrected chi connectivity index (χ4v) is 7.57. The van der Waals surface area contributed by atoms with E-state index in [1.54, 1.807) is 72.8 Å². The van der Waals surface area contributed by atoms with Gasteiger partial charge in [-0.1, -0.05) is 83.9 Å². The number of amides is 3. The Balaban J connectivity index is 1.25. The number of halogens is 2. The van der Waals surface area contributed by atoms with Gasteiger partial charge < -0.3 is 30.2 Å². The lowest BCUT2D eigenvalue weighted by Crippen LogP contribution is -2.30. The number of thiazole rings is 1. The van der Waals surface area contributed by atoms with E-state index in [1.165, 1.54) is 50.5 Å². The third-order valence-corrected chi connectivity index (χ3v) is 10.9. The highest BCUT2D eigenvalue weighted by Crippen LogP contribution is 2.40. The molecule has 0 aliphatic carbocycles. The van der Waals surface area contributed by atoms with Gasteiger partial charge in [0.1, 0.15) is 10.9 Å². The third kappa shape index (κ3) is 9.89. The summed E-state index contributed by atoms with van der Waals surface area (Å²) < 4.78 is 16.4. The fraction of sp³-hybridized carbons (Fsp3) is 0.0952. The number of ether oxygens (including phenoxy) is 3. The maximum Gasteiger partial charge on any atom is 0.272 e. The smallest absolute Gasteiger partial charge is 0.272 e. The number of rotatable bonds is 14. The minimum Gasteiger partial charge on any atom is -0.493 e. The van der Waals surface area contributed by atoms with Crippen molar-refractivity contribution in [1.82, 2.24) is 10.3 Å². The van der Waals surface area contributed by atoms with Gasteiger partial charge in [0.25, 0.3) is 11.8 Å². The van der Waals surface area contributed by atoms with Crippen molar-refractivity contribution in [2.24, 2.45) is 0 Å². The number of hydrogen-bond donors (Lipinski definition) is 3. The topological polar surface area (TPSA) is 128 Å². The Morgan fingerprint density at radius 2 is 1.46 bits per heavy atom. The van der Waals surface area contributed by atoms with Crippen LogP contribution in [0.5, 0.6) is 17.2 Å². The first-order valence-corrected chi connectivity index (χ1v) is 19.4. The molecular weight excluding hydrogens is 792 g/mol. The van der Waals surface area contributed by atoms with Gasteiger partial charge in [0.05, 0.1) is 37.1 Å². The maximum atomic E-state index is 14.0. The van der Waals surface area contributed by atoms with Crippen LogP contribution in [0.4, 0.5) is 10.8 Å². The molecule has 1 unspecified atom stereocenters. The summed E-state index contributed by atoms with van der Waals surface area (Å²) in [5, 5.41) is 11.0. The minimum absolute atomic E-state index is 0.0450. The number of aromatic nitrogens is 1. The molecule has 1 atom stereocenters. The summed E-state index contributed by atoms with van der Waals surface area (Å²) in [4.78, 5) is 46.4. The highest BCUT2D eigenvalue weighted by atomic mass is 35.5. The maximum absolute atomic E-state index is 14.0. The first-order valence-electron chi connectivity index (χ1n) is 16.9. The van der Waals surface area contributed by atoms with Crippen LogP contribution in [0.2, 0.25) is 10.0 Å². The van der Waals surface area contributed by atoms with Gasteiger partial charge in [0.2, 0.25) is 11.7 Å². The molecule has 56 heavy (non-hydrogen) atoms. The van der Waals surface area contributed by atoms with Crippen molar-refractivity contribution < 1.29 is 28.6 Å². The molecule has 0 aliphatic heterocycles. The van der Waals surface area contributed by atoms with E-state index in [1.807, 2.05) is 47.8 Å². The zero-order valence-electron chi connectivity index (χ0n) is 30.2. The largest absolute Gasteiger partial charge is 0.493 e. The van der Waals surface area contributed by atoms with E-state index < -0.39 is 17.1 Å². The van der Waals surface area contributed by atoms with Crippen LogP contribution < -0.4 is 30.2 Å². The number of benzene rings is 5. The quantitative estimate of drug-likeness (QED) is 0.0732. The molecular formula is C42H34Cl2N4O6S2. The average Bonchev–Trinajstić information content (AvgIpc) is 3.69. The Morgan fingerprint density at radius 3 is 2.12 bits per heavy atom. The summed E-state index contributed by atoms with van der Waals surface area (Å²) in [6, 6.07) is 33.6. The van der Waals surface area contributed by atoms with Gasteiger partial charge in [-0.05, 0) is 71.8 Å². The lowest BCUT2D eigenvalue weighted by atomic mass is 10.1. The number of methoxy groups -OCH3 is 3. The molecule has 1 aromatic heterocycles. The van der Waals surface area contributed by atoms with Crippen LogP contribution >= 0.6 is 46.3 Å². The molecule has 0 saturated heterocycles. The normalized spacial score (nSPS) is 11.6. The number of nitrogens with zero attached hydrogens (tertiary/aromatic N) is 1. The van der Waals surface area contributed by atoms with Gasteiger partial charge >= 0.3 is 0 Å². The fourth-order valence-electron chi connectivity index (χ4n) is 5.47. The molecule has 5 aromatic carbocycles. The molecule has 284 valence electrons. The summed E-state index contributed by atoms with van der Waals surface area (Å²) in [5.74, 6) is -0.242. The second-order valence-electron chi connectivity index (χ2n) is 11.9. The number of thioether (sulfide) groups is 1. The summed E-state index contributed by atoms with van der Waals surface area (Å²) >= 11 is 14.9. The molecule has 0 spiro atoms. The molecule has 10 nitrogen and oxygen atoms in total. The number of anilines is 2. The molecule has 14 heteroatoms. The van der Waals surface area contributed by atoms with Gasteiger partial charge in [0, 0.05) is 27.1 Å². The molecule has 0 bridgehead atoms. The molecule has 0 aliphatic rings. The lowest BCUT2D eigenvalue weighted by Gasteiger charge is -2.17. The van der Waals surface area contributed by atoms with Crippen LogP contribution in [0.15, 0.2) is 131 Å². The number of carbonyl (C=O) groups excluding carboxylic acids is 3. The highest BCUT2D eigenvalue weighted by Gasteiger charge is 2.24. The monoisotopic (exact) mass is 824 g/mol. The SMILES string of the molecule is COc1cc(/C=C(/NC(=O)c2ccccc2)C(=O)Nc2cccc(SC(C(=O)Nc3nc(-c4ccc(Cl)c(Cl)c4)cs3)c3ccccc3)c2)cc(OC)c1OC. The van der Waals surface area contributed by atoms with E-state index in [-0.39, 0.29) is 11.6 Å². The van der Waals surface area contributed by atoms with Crippen LogP contribution in [0.1, 0.15) is 26.7 Å². The number of carbonyl (C=O) groups is 3. The van der Waals surface area contributed by atoms with Crippen molar-refractivity contribution in [3.63, 3.8) is 0 Å². The lowest BCUT2D eigenvalue weighted by molar-refractivity contribution is -0.116. The summed E-state index contributed by atoms with van der Waals surface area (Å²) in [6.07, 6.45) is 1.51. The van der Waals surface area contributed by atoms with Crippen molar-refractivity contribution in [3.05, 3.63) is 153 Å². The van der Waals surface area contributed by atoms with Crippen LogP contribution in [0.3, 0.4) is 0 Å².